The van der Waals surface area contributed by atoms with Crippen molar-refractivity contribution in [3.05, 3.63) is 84.3 Å². The second kappa shape index (κ2) is 10.9. The van der Waals surface area contributed by atoms with Gasteiger partial charge in [-0.3, -0.25) is 0 Å². The summed E-state index contributed by atoms with van der Waals surface area (Å²) in [6.45, 7) is 7.65. The average molecular weight is 511 g/mol. The van der Waals surface area contributed by atoms with Gasteiger partial charge in [0.2, 0.25) is 5.71 Å². The number of hydrogen-bond acceptors (Lipinski definition) is 6. The van der Waals surface area contributed by atoms with Crippen LogP contribution in [0, 0.1) is 5.92 Å². The van der Waals surface area contributed by atoms with Gasteiger partial charge in [-0.15, -0.1) is 0 Å². The number of nitrogens with zero attached hydrogens (tertiary/aromatic N) is 2. The Labute approximate surface area is 223 Å². The fourth-order valence-electron chi connectivity index (χ4n) is 4.93. The first-order valence-corrected chi connectivity index (χ1v) is 13.2. The highest BCUT2D eigenvalue weighted by atomic mass is 16.6. The first kappa shape index (κ1) is 25.9. The van der Waals surface area contributed by atoms with Crippen LogP contribution < -0.4 is 0 Å². The highest BCUT2D eigenvalue weighted by molar-refractivity contribution is 6.01. The fourth-order valence-corrected chi connectivity index (χ4v) is 4.93. The van der Waals surface area contributed by atoms with E-state index in [4.69, 9.17) is 18.9 Å². The summed E-state index contributed by atoms with van der Waals surface area (Å²) in [5.41, 5.74) is 5.39. The van der Waals surface area contributed by atoms with Crippen molar-refractivity contribution in [1.82, 2.24) is 9.97 Å². The topological polar surface area (TPSA) is 74.5 Å². The predicted octanol–water partition coefficient (Wildman–Crippen LogP) is 6.96. The lowest BCUT2D eigenvalue weighted by Gasteiger charge is -2.20. The van der Waals surface area contributed by atoms with Crippen LogP contribution in [0.25, 0.3) is 33.6 Å². The van der Waals surface area contributed by atoms with E-state index in [2.05, 4.69) is 54.4 Å². The maximum absolute atomic E-state index is 12.1. The molecule has 2 heterocycles. The lowest BCUT2D eigenvalue weighted by atomic mass is 9.94. The number of carbonyl (C=O) groups is 1. The molecule has 6 heteroatoms. The van der Waals surface area contributed by atoms with Crippen molar-refractivity contribution in [3.8, 4) is 22.5 Å². The van der Waals surface area contributed by atoms with Gasteiger partial charge in [0.1, 0.15) is 24.3 Å². The number of furan rings is 1. The van der Waals surface area contributed by atoms with Crippen LogP contribution in [0.15, 0.2) is 77.5 Å². The molecule has 0 fully saturated rings. The minimum atomic E-state index is -0.523. The SMILES string of the molecule is CCc1ccc(-c2c(-c3ccccc3)oc3ncnc(CC4C=C[C@H](OCC(=O)OC(C)(C)C)C4)c23)cc1. The van der Waals surface area contributed by atoms with Crippen molar-refractivity contribution in [3.63, 3.8) is 0 Å². The Morgan fingerprint density at radius 1 is 1.00 bits per heavy atom. The first-order valence-electron chi connectivity index (χ1n) is 13.2. The fraction of sp³-hybridized carbons (Fsp3) is 0.344. The van der Waals surface area contributed by atoms with Gasteiger partial charge in [0.05, 0.1) is 17.2 Å². The summed E-state index contributed by atoms with van der Waals surface area (Å²) in [6, 6.07) is 18.8. The molecule has 1 aliphatic carbocycles. The van der Waals surface area contributed by atoms with Crippen LogP contribution in [-0.2, 0) is 27.1 Å². The van der Waals surface area contributed by atoms with Gasteiger partial charge in [0, 0.05) is 11.1 Å². The van der Waals surface area contributed by atoms with Crippen LogP contribution in [0.5, 0.6) is 0 Å². The molecular weight excluding hydrogens is 476 g/mol. The van der Waals surface area contributed by atoms with Gasteiger partial charge in [-0.1, -0.05) is 73.7 Å². The molecule has 0 amide bonds. The number of aryl methyl sites for hydroxylation is 1. The van der Waals surface area contributed by atoms with Gasteiger partial charge in [-0.05, 0) is 57.1 Å². The van der Waals surface area contributed by atoms with E-state index in [1.165, 1.54) is 5.56 Å². The van der Waals surface area contributed by atoms with Gasteiger partial charge < -0.3 is 13.9 Å². The average Bonchev–Trinajstić information content (AvgIpc) is 3.52. The third-order valence-corrected chi connectivity index (χ3v) is 6.68. The first-order chi connectivity index (χ1) is 18.3. The van der Waals surface area contributed by atoms with E-state index in [9.17, 15) is 4.79 Å². The van der Waals surface area contributed by atoms with Crippen molar-refractivity contribution in [2.45, 2.75) is 58.7 Å². The molecule has 0 saturated carbocycles. The molecule has 38 heavy (non-hydrogen) atoms. The van der Waals surface area contributed by atoms with E-state index in [-0.39, 0.29) is 24.6 Å². The molecule has 0 bridgehead atoms. The van der Waals surface area contributed by atoms with Gasteiger partial charge in [-0.25, -0.2) is 14.8 Å². The summed E-state index contributed by atoms with van der Waals surface area (Å²) in [5, 5.41) is 0.946. The number of allylic oxidation sites excluding steroid dienone is 1. The zero-order valence-electron chi connectivity index (χ0n) is 22.4. The van der Waals surface area contributed by atoms with Crippen LogP contribution in [0.2, 0.25) is 0 Å². The summed E-state index contributed by atoms with van der Waals surface area (Å²) in [4.78, 5) is 21.3. The standard InChI is InChI=1S/C32H34N2O4/c1-5-21-11-14-23(15-12-21)28-29-26(33-20-34-31(29)37-30(28)24-9-7-6-8-10-24)18-22-13-16-25(17-22)36-19-27(35)38-32(2,3)4/h6-16,20,22,25H,5,17-19H2,1-4H3/t22?,25-/m0/s1. The van der Waals surface area contributed by atoms with E-state index in [0.29, 0.717) is 5.71 Å². The van der Waals surface area contributed by atoms with E-state index < -0.39 is 5.60 Å². The number of benzene rings is 2. The van der Waals surface area contributed by atoms with Crippen LogP contribution in [0.4, 0.5) is 0 Å². The number of ether oxygens (including phenoxy) is 2. The van der Waals surface area contributed by atoms with Crippen LogP contribution >= 0.6 is 0 Å². The number of esters is 1. The Morgan fingerprint density at radius 2 is 1.76 bits per heavy atom. The van der Waals surface area contributed by atoms with Gasteiger partial charge >= 0.3 is 5.97 Å². The largest absolute Gasteiger partial charge is 0.458 e. The molecule has 2 atom stereocenters. The minimum Gasteiger partial charge on any atom is -0.458 e. The van der Waals surface area contributed by atoms with Crippen LogP contribution in [0.3, 0.4) is 0 Å². The smallest absolute Gasteiger partial charge is 0.332 e. The molecule has 0 aliphatic heterocycles. The number of fused-ring (bicyclic) bond motifs is 1. The molecule has 0 N–H and O–H groups in total. The third-order valence-electron chi connectivity index (χ3n) is 6.68. The van der Waals surface area contributed by atoms with Gasteiger partial charge in [0.15, 0.2) is 0 Å². The quantitative estimate of drug-likeness (QED) is 0.188. The van der Waals surface area contributed by atoms with Crippen LogP contribution in [-0.4, -0.2) is 34.2 Å². The molecule has 0 saturated heterocycles. The van der Waals surface area contributed by atoms with Crippen molar-refractivity contribution in [2.75, 3.05) is 6.61 Å². The lowest BCUT2D eigenvalue weighted by Crippen LogP contribution is -2.27. The van der Waals surface area contributed by atoms with Crippen molar-refractivity contribution >= 4 is 17.1 Å². The van der Waals surface area contributed by atoms with Gasteiger partial charge in [-0.2, -0.15) is 0 Å². The van der Waals surface area contributed by atoms with Gasteiger partial charge in [0.25, 0.3) is 0 Å². The van der Waals surface area contributed by atoms with E-state index in [1.54, 1.807) is 6.33 Å². The number of rotatable bonds is 8. The minimum absolute atomic E-state index is 0.0587. The highest BCUT2D eigenvalue weighted by Crippen LogP contribution is 2.42. The summed E-state index contributed by atoms with van der Waals surface area (Å²) in [5.74, 6) is 0.673. The summed E-state index contributed by atoms with van der Waals surface area (Å²) in [7, 11) is 0. The van der Waals surface area contributed by atoms with Crippen LogP contribution in [0.1, 0.15) is 45.4 Å². The monoisotopic (exact) mass is 510 g/mol. The normalized spacial score (nSPS) is 17.3. The molecule has 6 nitrogen and oxygen atoms in total. The Hall–Kier alpha value is -3.77. The molecular formula is C32H34N2O4. The molecule has 0 radical (unpaired) electrons. The number of aromatic nitrogens is 2. The highest BCUT2D eigenvalue weighted by Gasteiger charge is 2.26. The molecule has 2 aromatic carbocycles. The van der Waals surface area contributed by atoms with Crippen molar-refractivity contribution in [1.29, 1.82) is 0 Å². The molecule has 196 valence electrons. The lowest BCUT2D eigenvalue weighted by molar-refractivity contribution is -0.161. The van der Waals surface area contributed by atoms with E-state index in [0.717, 1.165) is 52.8 Å². The molecule has 4 aromatic rings. The maximum atomic E-state index is 12.1. The second-order valence-corrected chi connectivity index (χ2v) is 10.7. The van der Waals surface area contributed by atoms with Crippen molar-refractivity contribution in [2.24, 2.45) is 5.92 Å². The molecule has 2 aromatic heterocycles. The van der Waals surface area contributed by atoms with E-state index in [1.807, 2.05) is 45.0 Å². The summed E-state index contributed by atoms with van der Waals surface area (Å²) < 4.78 is 17.6. The Bertz CT molecular complexity index is 1430. The second-order valence-electron chi connectivity index (χ2n) is 10.7. The predicted molar refractivity (Wildman–Crippen MR) is 149 cm³/mol. The molecule has 1 aliphatic rings. The zero-order valence-corrected chi connectivity index (χ0v) is 22.4. The Kier molecular flexibility index (Phi) is 7.43. The number of carbonyl (C=O) groups excluding carboxylic acids is 1. The summed E-state index contributed by atoms with van der Waals surface area (Å²) in [6.07, 6.45) is 8.11. The Morgan fingerprint density at radius 3 is 2.47 bits per heavy atom. The zero-order chi connectivity index (χ0) is 26.7. The summed E-state index contributed by atoms with van der Waals surface area (Å²) >= 11 is 0. The molecule has 1 unspecified atom stereocenters. The number of hydrogen-bond donors (Lipinski definition) is 0. The maximum Gasteiger partial charge on any atom is 0.332 e. The van der Waals surface area contributed by atoms with Crippen molar-refractivity contribution < 1.29 is 18.7 Å². The third kappa shape index (κ3) is 5.86. The molecule has 0 spiro atoms. The molecule has 5 rings (SSSR count). The Balaban J connectivity index is 1.42. The van der Waals surface area contributed by atoms with E-state index >= 15 is 0 Å².